The van der Waals surface area contributed by atoms with E-state index in [-0.39, 0.29) is 18.2 Å². The maximum Gasteiger partial charge on any atom is 0.283 e. The Hall–Kier alpha value is -1.16. The molecule has 2 heterocycles. The summed E-state index contributed by atoms with van der Waals surface area (Å²) in [6.07, 6.45) is 1.61. The molecule has 1 unspecified atom stereocenters. The van der Waals surface area contributed by atoms with Gasteiger partial charge in [-0.25, -0.2) is 4.68 Å². The lowest BCUT2D eigenvalue weighted by Crippen LogP contribution is -2.44. The fourth-order valence-electron chi connectivity index (χ4n) is 1.98. The Bertz CT molecular complexity index is 574. The molecule has 0 aliphatic carbocycles. The van der Waals surface area contributed by atoms with E-state index in [9.17, 15) is 9.90 Å². The number of hydrogen-bond donors (Lipinski definition) is 2. The quantitative estimate of drug-likeness (QED) is 0.732. The number of aromatic nitrogens is 2. The number of aliphatic hydroxyl groups excluding tert-OH is 1. The molecule has 20 heavy (non-hydrogen) atoms. The van der Waals surface area contributed by atoms with Crippen LogP contribution in [0.2, 0.25) is 0 Å². The van der Waals surface area contributed by atoms with E-state index in [1.807, 2.05) is 19.0 Å². The molecule has 0 radical (unpaired) electrons. The molecule has 2 rings (SSSR count). The molecular formula is C11H17N5O2S2. The first-order valence-electron chi connectivity index (χ1n) is 6.03. The molecule has 2 N–H and O–H groups in total. The number of nitrogens with one attached hydrogen (secondary N) is 1. The fraction of sp³-hybridized carbons (Fsp3) is 0.545. The van der Waals surface area contributed by atoms with Crippen molar-refractivity contribution < 1.29 is 5.11 Å². The molecule has 1 aliphatic heterocycles. The van der Waals surface area contributed by atoms with Gasteiger partial charge in [-0.1, -0.05) is 24.0 Å². The molecule has 1 aliphatic rings. The van der Waals surface area contributed by atoms with Gasteiger partial charge in [-0.05, 0) is 14.1 Å². The van der Waals surface area contributed by atoms with E-state index in [4.69, 9.17) is 12.2 Å². The second-order valence-electron chi connectivity index (χ2n) is 4.77. The van der Waals surface area contributed by atoms with Crippen molar-refractivity contribution in [3.05, 3.63) is 16.6 Å². The van der Waals surface area contributed by atoms with Gasteiger partial charge in [0.25, 0.3) is 5.56 Å². The predicted molar refractivity (Wildman–Crippen MR) is 83.2 cm³/mol. The van der Waals surface area contributed by atoms with Crippen LogP contribution in [0.15, 0.2) is 15.9 Å². The van der Waals surface area contributed by atoms with Gasteiger partial charge in [0.1, 0.15) is 4.90 Å². The van der Waals surface area contributed by atoms with Crippen LogP contribution in [0.4, 0.5) is 5.69 Å². The zero-order valence-corrected chi connectivity index (χ0v) is 13.2. The van der Waals surface area contributed by atoms with Crippen LogP contribution in [0.5, 0.6) is 0 Å². The van der Waals surface area contributed by atoms with Gasteiger partial charge in [0, 0.05) is 13.6 Å². The highest BCUT2D eigenvalue weighted by molar-refractivity contribution is 8.23. The Kier molecular flexibility index (Phi) is 4.63. The smallest absolute Gasteiger partial charge is 0.283 e. The second kappa shape index (κ2) is 6.08. The SMILES string of the molecule is CN(C)CC(CO)n1ncc2c(c1=O)SC(=S)NN2C. The van der Waals surface area contributed by atoms with Crippen molar-refractivity contribution in [2.45, 2.75) is 10.9 Å². The molecule has 110 valence electrons. The molecule has 0 saturated heterocycles. The zero-order valence-electron chi connectivity index (χ0n) is 11.5. The standard InChI is InChI=1S/C11H17N5O2S2/c1-14(2)5-7(6-17)16-10(18)9-8(4-12-16)15(3)13-11(19)20-9/h4,7,17H,5-6H2,1-3H3,(H,13,19). The monoisotopic (exact) mass is 315 g/mol. The lowest BCUT2D eigenvalue weighted by Gasteiger charge is -2.29. The van der Waals surface area contributed by atoms with Gasteiger partial charge in [0.05, 0.1) is 24.5 Å². The first-order chi connectivity index (χ1) is 9.43. The highest BCUT2D eigenvalue weighted by Gasteiger charge is 2.25. The van der Waals surface area contributed by atoms with Crippen LogP contribution in [-0.4, -0.2) is 58.4 Å². The van der Waals surface area contributed by atoms with E-state index < -0.39 is 0 Å². The van der Waals surface area contributed by atoms with Crippen LogP contribution in [-0.2, 0) is 0 Å². The summed E-state index contributed by atoms with van der Waals surface area (Å²) in [6, 6.07) is -0.378. The van der Waals surface area contributed by atoms with Crippen molar-refractivity contribution in [3.63, 3.8) is 0 Å². The van der Waals surface area contributed by atoms with Crippen molar-refractivity contribution >= 4 is 34.0 Å². The zero-order chi connectivity index (χ0) is 14.9. The molecule has 0 aromatic carbocycles. The average Bonchev–Trinajstić information content (AvgIpc) is 2.37. The number of aliphatic hydroxyl groups is 1. The third-order valence-electron chi connectivity index (χ3n) is 2.89. The summed E-state index contributed by atoms with van der Waals surface area (Å²) in [5, 5.41) is 15.3. The third-order valence-corrected chi connectivity index (χ3v) is 4.09. The van der Waals surface area contributed by atoms with Gasteiger partial charge in [-0.15, -0.1) is 0 Å². The normalized spacial score (nSPS) is 16.1. The Morgan fingerprint density at radius 3 is 2.90 bits per heavy atom. The number of nitrogens with zero attached hydrogens (tertiary/aromatic N) is 4. The largest absolute Gasteiger partial charge is 0.394 e. The van der Waals surface area contributed by atoms with E-state index in [1.165, 1.54) is 16.4 Å². The minimum absolute atomic E-state index is 0.146. The molecular weight excluding hydrogens is 298 g/mol. The molecule has 0 fully saturated rings. The Balaban J connectivity index is 2.45. The number of thioether (sulfide) groups is 1. The van der Waals surface area contributed by atoms with Gasteiger partial charge in [0.2, 0.25) is 0 Å². The van der Waals surface area contributed by atoms with E-state index in [1.54, 1.807) is 18.3 Å². The molecule has 1 atom stereocenters. The summed E-state index contributed by atoms with van der Waals surface area (Å²) in [5.74, 6) is 0. The number of fused-ring (bicyclic) bond motifs is 1. The maximum absolute atomic E-state index is 12.5. The van der Waals surface area contributed by atoms with Crippen molar-refractivity contribution in [1.29, 1.82) is 0 Å². The molecule has 9 heteroatoms. The van der Waals surface area contributed by atoms with Gasteiger partial charge in [0.15, 0.2) is 4.32 Å². The highest BCUT2D eigenvalue weighted by atomic mass is 32.2. The second-order valence-corrected chi connectivity index (χ2v) is 6.45. The van der Waals surface area contributed by atoms with Crippen molar-refractivity contribution in [1.82, 2.24) is 20.1 Å². The van der Waals surface area contributed by atoms with E-state index >= 15 is 0 Å². The molecule has 7 nitrogen and oxygen atoms in total. The van der Waals surface area contributed by atoms with Crippen LogP contribution in [0.1, 0.15) is 6.04 Å². The van der Waals surface area contributed by atoms with Crippen molar-refractivity contribution in [2.24, 2.45) is 0 Å². The summed E-state index contributed by atoms with van der Waals surface area (Å²) in [6.45, 7) is 0.387. The summed E-state index contributed by atoms with van der Waals surface area (Å²) in [7, 11) is 5.54. The van der Waals surface area contributed by atoms with E-state index in [0.717, 1.165) is 0 Å². The summed E-state index contributed by atoms with van der Waals surface area (Å²) in [4.78, 5) is 15.0. The van der Waals surface area contributed by atoms with Crippen LogP contribution in [0.25, 0.3) is 0 Å². The summed E-state index contributed by atoms with van der Waals surface area (Å²) >= 11 is 6.32. The first-order valence-corrected chi connectivity index (χ1v) is 7.26. The first kappa shape index (κ1) is 15.2. The van der Waals surface area contributed by atoms with E-state index in [0.29, 0.717) is 21.4 Å². The summed E-state index contributed by atoms with van der Waals surface area (Å²) < 4.78 is 1.84. The molecule has 0 bridgehead atoms. The van der Waals surface area contributed by atoms with Crippen molar-refractivity contribution in [3.8, 4) is 0 Å². The van der Waals surface area contributed by atoms with Crippen LogP contribution >= 0.6 is 24.0 Å². The Morgan fingerprint density at radius 1 is 1.60 bits per heavy atom. The minimum Gasteiger partial charge on any atom is -0.394 e. The molecule has 0 saturated carbocycles. The average molecular weight is 315 g/mol. The van der Waals surface area contributed by atoms with Gasteiger partial charge in [-0.2, -0.15) is 5.10 Å². The number of hydrazine groups is 1. The third kappa shape index (κ3) is 2.95. The number of thiocarbonyl (C=S) groups is 1. The van der Waals surface area contributed by atoms with Crippen LogP contribution in [0.3, 0.4) is 0 Å². The number of likely N-dealkylation sites (N-methyl/N-ethyl adjacent to an activating group) is 1. The van der Waals surface area contributed by atoms with Gasteiger partial charge < -0.3 is 10.0 Å². The molecule has 0 spiro atoms. The topological polar surface area (TPSA) is 73.6 Å². The van der Waals surface area contributed by atoms with Gasteiger partial charge >= 0.3 is 0 Å². The summed E-state index contributed by atoms with van der Waals surface area (Å²) in [5.41, 5.74) is 3.39. The predicted octanol–water partition coefficient (Wildman–Crippen LogP) is -0.330. The number of hydrogen-bond acceptors (Lipinski definition) is 7. The lowest BCUT2D eigenvalue weighted by molar-refractivity contribution is 0.181. The lowest BCUT2D eigenvalue weighted by atomic mass is 10.3. The highest BCUT2D eigenvalue weighted by Crippen LogP contribution is 2.29. The Labute approximate surface area is 126 Å². The Morgan fingerprint density at radius 2 is 2.30 bits per heavy atom. The number of rotatable bonds is 4. The van der Waals surface area contributed by atoms with Crippen LogP contribution < -0.4 is 16.0 Å². The fourth-order valence-corrected chi connectivity index (χ4v) is 3.21. The molecule has 0 amide bonds. The minimum atomic E-state index is -0.378. The van der Waals surface area contributed by atoms with E-state index in [2.05, 4.69) is 10.5 Å². The van der Waals surface area contributed by atoms with Crippen molar-refractivity contribution in [2.75, 3.05) is 39.3 Å². The van der Waals surface area contributed by atoms with Crippen LogP contribution in [0, 0.1) is 0 Å². The molecule has 1 aromatic heterocycles. The maximum atomic E-state index is 12.5. The molecule has 1 aromatic rings. The van der Waals surface area contributed by atoms with Gasteiger partial charge in [-0.3, -0.25) is 15.2 Å². The number of anilines is 1.